The molecular formula is C30H53N3O8S2. The highest BCUT2D eigenvalue weighted by Gasteiger charge is 2.36. The van der Waals surface area contributed by atoms with E-state index in [1.807, 2.05) is 27.7 Å². The standard InChI is InChI=1S/C18H31NO5S.C12H22N2O3S/c1-13(16(21)23-5)9-7-6-8-10-14(20)15-19(11-12-25-15)17(22)24-18(2,3)4;1-17-12(16)9(13)5-3-2-4-6-10(15)11-14-7-8-18-11/h13,15H,6-12H2,1-5H3;9,11,14H,2-8,13H2,1H3/t13-,15?;9-,11?/m00/s1. The van der Waals surface area contributed by atoms with Crippen molar-refractivity contribution in [1.82, 2.24) is 10.2 Å². The van der Waals surface area contributed by atoms with E-state index in [-0.39, 0.29) is 34.8 Å². The van der Waals surface area contributed by atoms with Crippen molar-refractivity contribution in [3.63, 3.8) is 0 Å². The second-order valence-electron chi connectivity index (χ2n) is 11.8. The number of rotatable bonds is 16. The number of carbonyl (C=O) groups is 5. The van der Waals surface area contributed by atoms with Crippen LogP contribution in [0.25, 0.3) is 0 Å². The number of ketones is 2. The van der Waals surface area contributed by atoms with Gasteiger partial charge in [-0.1, -0.05) is 32.6 Å². The Kier molecular flexibility index (Phi) is 19.1. The summed E-state index contributed by atoms with van der Waals surface area (Å²) in [5.74, 6) is 1.48. The fourth-order valence-electron chi connectivity index (χ4n) is 4.49. The lowest BCUT2D eigenvalue weighted by Crippen LogP contribution is -2.42. The molecule has 0 aromatic rings. The number of nitrogens with one attached hydrogen (secondary N) is 1. The number of esters is 2. The fourth-order valence-corrected chi connectivity index (χ4v) is 6.70. The van der Waals surface area contributed by atoms with E-state index in [4.69, 9.17) is 15.2 Å². The summed E-state index contributed by atoms with van der Waals surface area (Å²) in [6.07, 6.45) is 7.22. The van der Waals surface area contributed by atoms with Crippen molar-refractivity contribution in [1.29, 1.82) is 0 Å². The summed E-state index contributed by atoms with van der Waals surface area (Å²) in [6.45, 7) is 8.79. The number of amides is 1. The first-order valence-corrected chi connectivity index (χ1v) is 17.3. The van der Waals surface area contributed by atoms with Crippen LogP contribution < -0.4 is 11.1 Å². The summed E-state index contributed by atoms with van der Waals surface area (Å²) in [4.78, 5) is 60.3. The molecule has 2 unspecified atom stereocenters. The Labute approximate surface area is 265 Å². The molecule has 1 amide bonds. The molecule has 2 rings (SSSR count). The van der Waals surface area contributed by atoms with E-state index in [2.05, 4.69) is 10.1 Å². The lowest BCUT2D eigenvalue weighted by atomic mass is 10.0. The van der Waals surface area contributed by atoms with Crippen molar-refractivity contribution < 1.29 is 38.2 Å². The van der Waals surface area contributed by atoms with Gasteiger partial charge in [-0.2, -0.15) is 0 Å². The first-order valence-electron chi connectivity index (χ1n) is 15.2. The molecule has 2 aliphatic heterocycles. The maximum atomic E-state index is 12.4. The van der Waals surface area contributed by atoms with E-state index in [1.165, 1.54) is 30.9 Å². The van der Waals surface area contributed by atoms with E-state index in [1.54, 1.807) is 11.8 Å². The Morgan fingerprint density at radius 3 is 2.02 bits per heavy atom. The SMILES string of the molecule is COC(=O)[C@@H](C)CCCCCC(=O)C1SCCN1C(=O)OC(C)(C)C.COC(=O)[C@@H](N)CCCCCC(=O)C1NCCS1. The van der Waals surface area contributed by atoms with Crippen LogP contribution in [-0.2, 0) is 33.4 Å². The molecule has 0 bridgehead atoms. The van der Waals surface area contributed by atoms with Crippen molar-refractivity contribution in [3.05, 3.63) is 0 Å². The van der Waals surface area contributed by atoms with Gasteiger partial charge in [0.25, 0.3) is 0 Å². The number of thioether (sulfide) groups is 2. The van der Waals surface area contributed by atoms with Crippen LogP contribution >= 0.6 is 23.5 Å². The smallest absolute Gasteiger partial charge is 0.411 e. The number of ether oxygens (including phenoxy) is 3. The van der Waals surface area contributed by atoms with E-state index < -0.39 is 23.1 Å². The molecule has 0 aromatic heterocycles. The molecule has 0 aliphatic carbocycles. The van der Waals surface area contributed by atoms with Crippen molar-refractivity contribution in [2.45, 2.75) is 114 Å². The van der Waals surface area contributed by atoms with Crippen LogP contribution in [0.3, 0.4) is 0 Å². The third-order valence-electron chi connectivity index (χ3n) is 6.91. The van der Waals surface area contributed by atoms with Crippen LogP contribution in [0.1, 0.15) is 91.9 Å². The van der Waals surface area contributed by atoms with Crippen LogP contribution in [0.2, 0.25) is 0 Å². The summed E-state index contributed by atoms with van der Waals surface area (Å²) in [5, 5.41) is 2.75. The number of unbranched alkanes of at least 4 members (excludes halogenated alkanes) is 4. The normalized spacial score (nSPS) is 19.6. The van der Waals surface area contributed by atoms with Crippen LogP contribution in [-0.4, -0.2) is 95.7 Å². The van der Waals surface area contributed by atoms with E-state index in [0.717, 1.165) is 63.0 Å². The highest BCUT2D eigenvalue weighted by Crippen LogP contribution is 2.28. The van der Waals surface area contributed by atoms with Gasteiger partial charge < -0.3 is 19.9 Å². The van der Waals surface area contributed by atoms with Gasteiger partial charge in [-0.25, -0.2) is 4.79 Å². The minimum atomic E-state index is -0.561. The van der Waals surface area contributed by atoms with E-state index >= 15 is 0 Å². The zero-order valence-corrected chi connectivity index (χ0v) is 28.4. The zero-order valence-electron chi connectivity index (χ0n) is 26.8. The maximum absolute atomic E-state index is 12.4. The van der Waals surface area contributed by atoms with Crippen LogP contribution in [0.5, 0.6) is 0 Å². The lowest BCUT2D eigenvalue weighted by Gasteiger charge is -2.27. The largest absolute Gasteiger partial charge is 0.469 e. The van der Waals surface area contributed by atoms with Gasteiger partial charge in [-0.05, 0) is 46.5 Å². The Balaban J connectivity index is 0.000000453. The summed E-state index contributed by atoms with van der Waals surface area (Å²) in [7, 11) is 2.74. The van der Waals surface area contributed by atoms with E-state index in [9.17, 15) is 24.0 Å². The Morgan fingerprint density at radius 2 is 1.47 bits per heavy atom. The van der Waals surface area contributed by atoms with Crippen molar-refractivity contribution >= 4 is 53.1 Å². The zero-order chi connectivity index (χ0) is 32.4. The predicted octanol–water partition coefficient (Wildman–Crippen LogP) is 4.29. The average Bonchev–Trinajstić information content (AvgIpc) is 3.68. The quantitative estimate of drug-likeness (QED) is 0.139. The second-order valence-corrected chi connectivity index (χ2v) is 14.2. The molecule has 2 saturated heterocycles. The van der Waals surface area contributed by atoms with Crippen LogP contribution in [0, 0.1) is 5.92 Å². The van der Waals surface area contributed by atoms with Gasteiger partial charge in [0, 0.05) is 37.4 Å². The highest BCUT2D eigenvalue weighted by atomic mass is 32.2. The highest BCUT2D eigenvalue weighted by molar-refractivity contribution is 8.01. The predicted molar refractivity (Wildman–Crippen MR) is 171 cm³/mol. The number of hydrogen-bond acceptors (Lipinski definition) is 12. The summed E-state index contributed by atoms with van der Waals surface area (Å²) in [5.41, 5.74) is 5.05. The van der Waals surface area contributed by atoms with Crippen molar-refractivity contribution in [3.8, 4) is 0 Å². The molecule has 43 heavy (non-hydrogen) atoms. The molecule has 0 aromatic carbocycles. The van der Waals surface area contributed by atoms with Gasteiger partial charge in [0.05, 0.1) is 20.1 Å². The first-order chi connectivity index (χ1) is 20.3. The summed E-state index contributed by atoms with van der Waals surface area (Å²) >= 11 is 3.19. The molecule has 13 heteroatoms. The molecule has 2 heterocycles. The lowest BCUT2D eigenvalue weighted by molar-refractivity contribution is -0.145. The van der Waals surface area contributed by atoms with Gasteiger partial charge in [0.1, 0.15) is 22.4 Å². The molecular weight excluding hydrogens is 594 g/mol. The minimum absolute atomic E-state index is 0.00215. The summed E-state index contributed by atoms with van der Waals surface area (Å²) in [6, 6.07) is -0.530. The molecule has 0 saturated carbocycles. The molecule has 2 aliphatic rings. The number of nitrogens with two attached hydrogens (primary N) is 1. The monoisotopic (exact) mass is 647 g/mol. The second kappa shape index (κ2) is 21.0. The molecule has 248 valence electrons. The van der Waals surface area contributed by atoms with Gasteiger partial charge in [0.15, 0.2) is 11.6 Å². The van der Waals surface area contributed by atoms with Crippen molar-refractivity contribution in [2.24, 2.45) is 11.7 Å². The van der Waals surface area contributed by atoms with Crippen molar-refractivity contribution in [2.75, 3.05) is 38.8 Å². The first kappa shape index (κ1) is 39.2. The van der Waals surface area contributed by atoms with Crippen LogP contribution in [0.15, 0.2) is 0 Å². The molecule has 2 fully saturated rings. The summed E-state index contributed by atoms with van der Waals surface area (Å²) < 4.78 is 14.6. The van der Waals surface area contributed by atoms with E-state index in [0.29, 0.717) is 25.8 Å². The molecule has 4 atom stereocenters. The maximum Gasteiger partial charge on any atom is 0.411 e. The van der Waals surface area contributed by atoms with Gasteiger partial charge in [-0.15, -0.1) is 23.5 Å². The topological polar surface area (TPSA) is 154 Å². The van der Waals surface area contributed by atoms with Gasteiger partial charge in [0.2, 0.25) is 0 Å². The number of nitrogens with zero attached hydrogens (tertiary/aromatic N) is 1. The number of carbonyl (C=O) groups excluding carboxylic acids is 5. The molecule has 0 spiro atoms. The average molecular weight is 648 g/mol. The Bertz CT molecular complexity index is 893. The Hall–Kier alpha value is -1.83. The number of Topliss-reactive ketones (excluding diaryl/α,β-unsaturated/α-hetero) is 2. The van der Waals surface area contributed by atoms with Gasteiger partial charge in [-0.3, -0.25) is 29.4 Å². The molecule has 0 radical (unpaired) electrons. The third kappa shape index (κ3) is 16.2. The minimum Gasteiger partial charge on any atom is -0.469 e. The molecule has 11 nitrogen and oxygen atoms in total. The number of hydrogen-bond donors (Lipinski definition) is 2. The molecule has 3 N–H and O–H groups in total. The number of methoxy groups -OCH3 is 2. The Morgan fingerprint density at radius 1 is 0.860 bits per heavy atom. The van der Waals surface area contributed by atoms with Crippen LogP contribution in [0.4, 0.5) is 4.79 Å². The van der Waals surface area contributed by atoms with Gasteiger partial charge >= 0.3 is 18.0 Å². The third-order valence-corrected chi connectivity index (χ3v) is 9.36. The fraction of sp³-hybridized carbons (Fsp3) is 0.833.